The second kappa shape index (κ2) is 10.7. The third-order valence-corrected chi connectivity index (χ3v) is 4.80. The zero-order valence-electron chi connectivity index (χ0n) is 15.1. The summed E-state index contributed by atoms with van der Waals surface area (Å²) in [7, 11) is 0. The summed E-state index contributed by atoms with van der Waals surface area (Å²) in [6.45, 7) is 5.92. The standard InChI is InChI=1S/C21H28NO3.ClH/c23-21(18-25-17-20-9-5-2-6-10-20)16-22(11-13-24-14-12-22)15-19-7-3-1-4-8-19;/h1-10,21,23H,11-18H2;1H/q+1;/p-1. The number of aliphatic hydroxyl groups excluding tert-OH is 1. The molecule has 0 radical (unpaired) electrons. The number of aliphatic hydroxyl groups is 1. The van der Waals surface area contributed by atoms with Crippen LogP contribution in [0.2, 0.25) is 0 Å². The van der Waals surface area contributed by atoms with Crippen LogP contribution in [-0.4, -0.2) is 55.1 Å². The number of halogens is 1. The summed E-state index contributed by atoms with van der Waals surface area (Å²) in [5, 5.41) is 10.5. The molecular formula is C21H28ClNO3. The van der Waals surface area contributed by atoms with Gasteiger partial charge in [-0.15, -0.1) is 0 Å². The molecule has 5 heteroatoms. The van der Waals surface area contributed by atoms with Crippen LogP contribution in [0.15, 0.2) is 60.7 Å². The number of ether oxygens (including phenoxy) is 2. The quantitative estimate of drug-likeness (QED) is 0.637. The minimum absolute atomic E-state index is 0. The molecule has 1 aliphatic heterocycles. The van der Waals surface area contributed by atoms with Gasteiger partial charge in [0, 0.05) is 5.56 Å². The van der Waals surface area contributed by atoms with Crippen LogP contribution in [0.25, 0.3) is 0 Å². The molecule has 1 heterocycles. The van der Waals surface area contributed by atoms with E-state index in [0.29, 0.717) is 19.8 Å². The van der Waals surface area contributed by atoms with Gasteiger partial charge >= 0.3 is 0 Å². The molecule has 0 spiro atoms. The first-order valence-corrected chi connectivity index (χ1v) is 9.02. The third kappa shape index (κ3) is 6.38. The fraction of sp³-hybridized carbons (Fsp3) is 0.429. The van der Waals surface area contributed by atoms with Gasteiger partial charge in [0.15, 0.2) is 0 Å². The van der Waals surface area contributed by atoms with Crippen molar-refractivity contribution in [3.8, 4) is 0 Å². The molecule has 142 valence electrons. The molecule has 1 aliphatic rings. The third-order valence-electron chi connectivity index (χ3n) is 4.80. The molecular weight excluding hydrogens is 350 g/mol. The Bertz CT molecular complexity index is 618. The van der Waals surface area contributed by atoms with E-state index in [1.807, 2.05) is 36.4 Å². The van der Waals surface area contributed by atoms with Gasteiger partial charge in [0.1, 0.15) is 32.3 Å². The normalized spacial score (nSPS) is 17.3. The van der Waals surface area contributed by atoms with E-state index in [2.05, 4.69) is 24.3 Å². The molecule has 0 aliphatic carbocycles. The lowest BCUT2D eigenvalue weighted by molar-refractivity contribution is -0.950. The molecule has 2 aromatic carbocycles. The largest absolute Gasteiger partial charge is 1.00 e. The number of benzene rings is 2. The molecule has 1 saturated heterocycles. The number of hydrogen-bond acceptors (Lipinski definition) is 3. The molecule has 26 heavy (non-hydrogen) atoms. The van der Waals surface area contributed by atoms with Crippen LogP contribution in [0.4, 0.5) is 0 Å². The van der Waals surface area contributed by atoms with Crippen LogP contribution >= 0.6 is 0 Å². The SMILES string of the molecule is OC(COCc1ccccc1)C[N+]1(Cc2ccccc2)CCOCC1.[Cl-]. The van der Waals surface area contributed by atoms with Crippen LogP contribution in [0.1, 0.15) is 11.1 Å². The summed E-state index contributed by atoms with van der Waals surface area (Å²) in [5.41, 5.74) is 2.44. The monoisotopic (exact) mass is 377 g/mol. The second-order valence-corrected chi connectivity index (χ2v) is 6.88. The van der Waals surface area contributed by atoms with E-state index in [4.69, 9.17) is 9.47 Å². The topological polar surface area (TPSA) is 38.7 Å². The van der Waals surface area contributed by atoms with Crippen LogP contribution in [-0.2, 0) is 22.6 Å². The first-order chi connectivity index (χ1) is 12.3. The fourth-order valence-electron chi connectivity index (χ4n) is 3.49. The van der Waals surface area contributed by atoms with Gasteiger partial charge in [-0.3, -0.25) is 0 Å². The summed E-state index contributed by atoms with van der Waals surface area (Å²) in [4.78, 5) is 0. The maximum Gasteiger partial charge on any atom is 0.126 e. The molecule has 0 aromatic heterocycles. The fourth-order valence-corrected chi connectivity index (χ4v) is 3.49. The summed E-state index contributed by atoms with van der Waals surface area (Å²) in [6, 6.07) is 20.6. The van der Waals surface area contributed by atoms with Gasteiger partial charge in [0.25, 0.3) is 0 Å². The first-order valence-electron chi connectivity index (χ1n) is 9.02. The van der Waals surface area contributed by atoms with E-state index in [9.17, 15) is 5.11 Å². The van der Waals surface area contributed by atoms with Gasteiger partial charge in [-0.2, -0.15) is 0 Å². The van der Waals surface area contributed by atoms with Gasteiger partial charge < -0.3 is 31.5 Å². The zero-order valence-corrected chi connectivity index (χ0v) is 15.9. The van der Waals surface area contributed by atoms with Crippen molar-refractivity contribution in [2.45, 2.75) is 19.3 Å². The number of nitrogens with zero attached hydrogens (tertiary/aromatic N) is 1. The predicted molar refractivity (Wildman–Crippen MR) is 97.9 cm³/mol. The smallest absolute Gasteiger partial charge is 0.126 e. The highest BCUT2D eigenvalue weighted by molar-refractivity contribution is 5.14. The maximum atomic E-state index is 10.5. The second-order valence-electron chi connectivity index (χ2n) is 6.88. The van der Waals surface area contributed by atoms with Crippen LogP contribution in [0.3, 0.4) is 0 Å². The summed E-state index contributed by atoms with van der Waals surface area (Å²) in [6.07, 6.45) is -0.467. The Morgan fingerprint density at radius 1 is 0.923 bits per heavy atom. The molecule has 1 fully saturated rings. The van der Waals surface area contributed by atoms with E-state index in [-0.39, 0.29) is 12.4 Å². The lowest BCUT2D eigenvalue weighted by Crippen LogP contribution is -3.00. The van der Waals surface area contributed by atoms with Crippen molar-refractivity contribution in [1.82, 2.24) is 0 Å². The Kier molecular flexibility index (Phi) is 8.55. The van der Waals surface area contributed by atoms with Crippen molar-refractivity contribution in [2.75, 3.05) is 39.5 Å². The summed E-state index contributed by atoms with van der Waals surface area (Å²) < 4.78 is 12.1. The maximum absolute atomic E-state index is 10.5. The Labute approximate surface area is 162 Å². The van der Waals surface area contributed by atoms with Gasteiger partial charge in [-0.1, -0.05) is 60.7 Å². The van der Waals surface area contributed by atoms with Gasteiger partial charge in [-0.25, -0.2) is 0 Å². The highest BCUT2D eigenvalue weighted by Crippen LogP contribution is 2.19. The van der Waals surface area contributed by atoms with Crippen molar-refractivity contribution < 1.29 is 31.5 Å². The van der Waals surface area contributed by atoms with E-state index < -0.39 is 6.10 Å². The Morgan fingerprint density at radius 3 is 2.12 bits per heavy atom. The van der Waals surface area contributed by atoms with Crippen molar-refractivity contribution in [3.05, 3.63) is 71.8 Å². The van der Waals surface area contributed by atoms with Crippen LogP contribution < -0.4 is 12.4 Å². The van der Waals surface area contributed by atoms with E-state index in [1.54, 1.807) is 0 Å². The molecule has 1 unspecified atom stereocenters. The molecule has 0 saturated carbocycles. The van der Waals surface area contributed by atoms with Crippen molar-refractivity contribution in [3.63, 3.8) is 0 Å². The van der Waals surface area contributed by atoms with Crippen molar-refractivity contribution in [2.24, 2.45) is 0 Å². The highest BCUT2D eigenvalue weighted by atomic mass is 35.5. The zero-order chi connectivity index (χ0) is 17.4. The van der Waals surface area contributed by atoms with Crippen molar-refractivity contribution in [1.29, 1.82) is 0 Å². The number of hydrogen-bond donors (Lipinski definition) is 1. The average molecular weight is 378 g/mol. The van der Waals surface area contributed by atoms with Gasteiger partial charge in [0.05, 0.1) is 26.4 Å². The van der Waals surface area contributed by atoms with Gasteiger partial charge in [-0.05, 0) is 5.56 Å². The number of quaternary nitrogens is 1. The minimum Gasteiger partial charge on any atom is -1.00 e. The lowest BCUT2D eigenvalue weighted by atomic mass is 10.1. The predicted octanol–water partition coefficient (Wildman–Crippen LogP) is -0.385. The molecule has 0 amide bonds. The molecule has 4 nitrogen and oxygen atoms in total. The molecule has 2 aromatic rings. The first kappa shape index (κ1) is 20.9. The highest BCUT2D eigenvalue weighted by Gasteiger charge is 2.33. The lowest BCUT2D eigenvalue weighted by Gasteiger charge is -2.42. The van der Waals surface area contributed by atoms with E-state index >= 15 is 0 Å². The van der Waals surface area contributed by atoms with Crippen LogP contribution in [0, 0.1) is 0 Å². The van der Waals surface area contributed by atoms with Crippen molar-refractivity contribution >= 4 is 0 Å². The molecule has 3 rings (SSSR count). The Hall–Kier alpha value is -1.43. The summed E-state index contributed by atoms with van der Waals surface area (Å²) >= 11 is 0. The van der Waals surface area contributed by atoms with E-state index in [0.717, 1.165) is 42.9 Å². The number of rotatable bonds is 8. The summed E-state index contributed by atoms with van der Waals surface area (Å²) in [5.74, 6) is 0. The van der Waals surface area contributed by atoms with Crippen LogP contribution in [0.5, 0.6) is 0 Å². The Balaban J connectivity index is 0.00000243. The molecule has 1 atom stereocenters. The average Bonchev–Trinajstić information content (AvgIpc) is 2.64. The molecule has 1 N–H and O–H groups in total. The molecule has 0 bridgehead atoms. The Morgan fingerprint density at radius 2 is 1.50 bits per heavy atom. The van der Waals surface area contributed by atoms with E-state index in [1.165, 1.54) is 5.56 Å². The minimum atomic E-state index is -0.467. The van der Waals surface area contributed by atoms with Gasteiger partial charge in [0.2, 0.25) is 0 Å². The number of morpholine rings is 1.